The highest BCUT2D eigenvalue weighted by atomic mass is 32.2. The normalized spacial score (nSPS) is 18.7. The molecule has 49 heavy (non-hydrogen) atoms. The fraction of sp³-hybridized carbons (Fsp3) is 0.282. The maximum Gasteiger partial charge on any atom is 0.331 e. The van der Waals surface area contributed by atoms with Gasteiger partial charge in [0.05, 0.1) is 19.3 Å². The number of methoxy groups -OCH3 is 1. The first kappa shape index (κ1) is 31.3. The van der Waals surface area contributed by atoms with Gasteiger partial charge in [-0.25, -0.2) is 18.4 Å². The predicted molar refractivity (Wildman–Crippen MR) is 189 cm³/mol. The lowest BCUT2D eigenvalue weighted by atomic mass is 9.75. The van der Waals surface area contributed by atoms with Gasteiger partial charge in [0.15, 0.2) is 9.92 Å². The molecule has 9 nitrogen and oxygen atoms in total. The number of carbonyl (C=O) groups excluding carboxylic acids is 1. The number of aryl methyl sites for hydroxylation is 1. The number of anilines is 1. The Morgan fingerprint density at radius 3 is 2.20 bits per heavy atom. The van der Waals surface area contributed by atoms with E-state index in [4.69, 9.17) is 13.8 Å². The fourth-order valence-electron chi connectivity index (χ4n) is 7.74. The van der Waals surface area contributed by atoms with Crippen molar-refractivity contribution >= 4 is 21.6 Å². The molecule has 3 atom stereocenters. The van der Waals surface area contributed by atoms with Gasteiger partial charge < -0.3 is 14.8 Å². The summed E-state index contributed by atoms with van der Waals surface area (Å²) >= 11 is 0. The average molecular weight is 674 g/mol. The zero-order chi connectivity index (χ0) is 33.6. The fourth-order valence-corrected chi connectivity index (χ4v) is 9.57. The molecule has 1 aromatic heterocycles. The highest BCUT2D eigenvalue weighted by Gasteiger charge is 2.41. The average Bonchev–Trinajstić information content (AvgIpc) is 3.85. The summed E-state index contributed by atoms with van der Waals surface area (Å²) in [5.41, 5.74) is 6.84. The lowest BCUT2D eigenvalue weighted by molar-refractivity contribution is 0.0920. The van der Waals surface area contributed by atoms with Crippen molar-refractivity contribution in [2.45, 2.75) is 61.6 Å². The molecule has 0 saturated carbocycles. The van der Waals surface area contributed by atoms with E-state index in [0.717, 1.165) is 48.1 Å². The molecule has 0 saturated heterocycles. The van der Waals surface area contributed by atoms with Crippen LogP contribution in [0.3, 0.4) is 0 Å². The second-order valence-corrected chi connectivity index (χ2v) is 15.0. The van der Waals surface area contributed by atoms with Crippen LogP contribution in [0, 0.1) is 0 Å². The van der Waals surface area contributed by atoms with Crippen LogP contribution in [0.1, 0.15) is 58.2 Å². The molecule has 8 rings (SSSR count). The molecule has 3 aliphatic rings. The number of hydrogen-bond donors (Lipinski definition) is 2. The molecular weight excluding hydrogens is 635 g/mol. The SMILES string of the molecule is COC[C@@H]1Cn2ncc([S@@](=O)(=NC(c3ccccc3)(c3ccccc3)c3ccccc3)NC(=O)Nc3c4c(cc5c3[C@H](C)C5)CCC4)c2O1. The predicted octanol–water partition coefficient (Wildman–Crippen LogP) is 6.99. The van der Waals surface area contributed by atoms with Gasteiger partial charge in [0, 0.05) is 12.8 Å². The Labute approximate surface area is 287 Å². The molecule has 0 bridgehead atoms. The first-order valence-electron chi connectivity index (χ1n) is 16.8. The van der Waals surface area contributed by atoms with Gasteiger partial charge >= 0.3 is 6.03 Å². The molecule has 2 N–H and O–H groups in total. The smallest absolute Gasteiger partial charge is 0.331 e. The lowest BCUT2D eigenvalue weighted by Gasteiger charge is -2.33. The van der Waals surface area contributed by atoms with Crippen molar-refractivity contribution in [2.24, 2.45) is 4.36 Å². The second kappa shape index (κ2) is 12.5. The number of nitrogens with one attached hydrogen (secondary N) is 2. The molecule has 4 aromatic carbocycles. The van der Waals surface area contributed by atoms with Crippen LogP contribution in [0.2, 0.25) is 0 Å². The number of nitrogens with zero attached hydrogens (tertiary/aromatic N) is 3. The van der Waals surface area contributed by atoms with E-state index in [2.05, 4.69) is 28.1 Å². The molecular formula is C39H39N5O4S. The molecule has 0 fully saturated rings. The monoisotopic (exact) mass is 673 g/mol. The Balaban J connectivity index is 1.33. The van der Waals surface area contributed by atoms with Gasteiger partial charge in [-0.05, 0) is 70.5 Å². The van der Waals surface area contributed by atoms with Crippen molar-refractivity contribution in [3.05, 3.63) is 142 Å². The van der Waals surface area contributed by atoms with Crippen molar-refractivity contribution in [1.82, 2.24) is 14.5 Å². The highest BCUT2D eigenvalue weighted by Crippen LogP contribution is 2.46. The summed E-state index contributed by atoms with van der Waals surface area (Å²) in [6.45, 7) is 2.94. The summed E-state index contributed by atoms with van der Waals surface area (Å²) in [5.74, 6) is 0.634. The van der Waals surface area contributed by atoms with Gasteiger partial charge in [-0.2, -0.15) is 9.46 Å². The zero-order valence-corrected chi connectivity index (χ0v) is 28.4. The van der Waals surface area contributed by atoms with Crippen LogP contribution in [0.15, 0.2) is 113 Å². The molecule has 2 aliphatic carbocycles. The second-order valence-electron chi connectivity index (χ2n) is 13.1. The van der Waals surface area contributed by atoms with Crippen LogP contribution in [0.25, 0.3) is 0 Å². The number of fused-ring (bicyclic) bond motifs is 3. The lowest BCUT2D eigenvalue weighted by Crippen LogP contribution is -2.38. The van der Waals surface area contributed by atoms with Crippen LogP contribution in [-0.4, -0.2) is 39.8 Å². The third kappa shape index (κ3) is 5.39. The summed E-state index contributed by atoms with van der Waals surface area (Å²) < 4.78 is 37.5. The molecule has 0 radical (unpaired) electrons. The van der Waals surface area contributed by atoms with E-state index in [1.54, 1.807) is 11.8 Å². The zero-order valence-electron chi connectivity index (χ0n) is 27.6. The standard InChI is InChI=1S/C39H39N5O4S/c1-26-21-28-22-27-13-12-20-33(27)36(35(26)28)41-38(45)42-49(46,34-23-40-44-24-32(25-47-2)48-37(34)44)43-39(29-14-6-3-7-15-29,30-16-8-4-9-17-30)31-18-10-5-11-19-31/h3-11,14-19,22-23,26,32H,12-13,20-21,24-25H2,1-2H3,(H2,41,42,43,45,46)/t26-,32+,49+/m1/s1. The largest absolute Gasteiger partial charge is 0.469 e. The van der Waals surface area contributed by atoms with E-state index in [1.165, 1.54) is 28.5 Å². The summed E-state index contributed by atoms with van der Waals surface area (Å²) in [6.07, 6.45) is 5.11. The summed E-state index contributed by atoms with van der Waals surface area (Å²) in [4.78, 5) is 14.5. The molecule has 2 amide bonds. The van der Waals surface area contributed by atoms with Gasteiger partial charge in [0.1, 0.15) is 16.5 Å². The Bertz CT molecular complexity index is 2040. The van der Waals surface area contributed by atoms with Gasteiger partial charge in [-0.3, -0.25) is 0 Å². The minimum absolute atomic E-state index is 0.202. The minimum atomic E-state index is -3.83. The summed E-state index contributed by atoms with van der Waals surface area (Å²) in [5, 5.41) is 7.73. The number of amides is 2. The number of rotatable bonds is 9. The van der Waals surface area contributed by atoms with Crippen LogP contribution in [0.5, 0.6) is 5.88 Å². The Morgan fingerprint density at radius 1 is 0.980 bits per heavy atom. The van der Waals surface area contributed by atoms with Crippen molar-refractivity contribution in [1.29, 1.82) is 0 Å². The van der Waals surface area contributed by atoms with E-state index in [0.29, 0.717) is 24.9 Å². The Kier molecular flexibility index (Phi) is 8.00. The van der Waals surface area contributed by atoms with Gasteiger partial charge in [0.2, 0.25) is 5.88 Å². The number of ether oxygens (including phenoxy) is 2. The third-order valence-electron chi connectivity index (χ3n) is 9.92. The van der Waals surface area contributed by atoms with Crippen LogP contribution in [0.4, 0.5) is 10.5 Å². The van der Waals surface area contributed by atoms with Crippen LogP contribution in [-0.2, 0) is 46.0 Å². The van der Waals surface area contributed by atoms with Crippen molar-refractivity contribution < 1.29 is 18.5 Å². The van der Waals surface area contributed by atoms with Gasteiger partial charge in [-0.15, -0.1) is 0 Å². The number of benzene rings is 4. The van der Waals surface area contributed by atoms with E-state index < -0.39 is 21.5 Å². The van der Waals surface area contributed by atoms with Crippen LogP contribution < -0.4 is 14.8 Å². The first-order chi connectivity index (χ1) is 23.9. The molecule has 0 unspecified atom stereocenters. The maximum atomic E-state index is 16.0. The number of aromatic nitrogens is 2. The van der Waals surface area contributed by atoms with Crippen molar-refractivity contribution in [2.75, 3.05) is 19.0 Å². The molecule has 2 heterocycles. The van der Waals surface area contributed by atoms with E-state index in [-0.39, 0.29) is 11.0 Å². The minimum Gasteiger partial charge on any atom is -0.469 e. The molecule has 250 valence electrons. The number of carbonyl (C=O) groups is 1. The van der Waals surface area contributed by atoms with E-state index in [1.807, 2.05) is 91.0 Å². The van der Waals surface area contributed by atoms with Crippen LogP contribution >= 0.6 is 0 Å². The number of hydrogen-bond acceptors (Lipinski definition) is 6. The summed E-state index contributed by atoms with van der Waals surface area (Å²) in [7, 11) is -2.22. The first-order valence-corrected chi connectivity index (χ1v) is 18.3. The molecule has 1 aliphatic heterocycles. The molecule has 0 spiro atoms. The summed E-state index contributed by atoms with van der Waals surface area (Å²) in [6, 6.07) is 31.1. The Hall–Kier alpha value is -4.93. The maximum absolute atomic E-state index is 16.0. The van der Waals surface area contributed by atoms with E-state index >= 15 is 4.21 Å². The quantitative estimate of drug-likeness (QED) is 0.164. The number of urea groups is 1. The Morgan fingerprint density at radius 2 is 1.61 bits per heavy atom. The van der Waals surface area contributed by atoms with Crippen molar-refractivity contribution in [3.8, 4) is 5.88 Å². The molecule has 10 heteroatoms. The van der Waals surface area contributed by atoms with Crippen molar-refractivity contribution in [3.63, 3.8) is 0 Å². The highest BCUT2D eigenvalue weighted by molar-refractivity contribution is 7.92. The third-order valence-corrected chi connectivity index (χ3v) is 11.8. The molecule has 5 aromatic rings. The van der Waals surface area contributed by atoms with E-state index in [9.17, 15) is 4.79 Å². The van der Waals surface area contributed by atoms with Gasteiger partial charge in [0.25, 0.3) is 0 Å². The van der Waals surface area contributed by atoms with Gasteiger partial charge in [-0.1, -0.05) is 104 Å². The topological polar surface area (TPSA) is 107 Å².